The molecule has 2 bridgehead atoms. The summed E-state index contributed by atoms with van der Waals surface area (Å²) in [6.07, 6.45) is 1.33. The van der Waals surface area contributed by atoms with E-state index in [2.05, 4.69) is 59.2 Å². The summed E-state index contributed by atoms with van der Waals surface area (Å²) in [6, 6.07) is 26.4. The summed E-state index contributed by atoms with van der Waals surface area (Å²) < 4.78 is 0. The van der Waals surface area contributed by atoms with E-state index in [1.807, 2.05) is 25.1 Å². The van der Waals surface area contributed by atoms with Gasteiger partial charge in [-0.25, -0.2) is 0 Å². The van der Waals surface area contributed by atoms with Crippen LogP contribution in [0.25, 0.3) is 0 Å². The molecule has 0 saturated heterocycles. The van der Waals surface area contributed by atoms with Crippen molar-refractivity contribution < 1.29 is 9.59 Å². The van der Waals surface area contributed by atoms with Crippen LogP contribution in [0.15, 0.2) is 78.9 Å². The van der Waals surface area contributed by atoms with Gasteiger partial charge in [-0.15, -0.1) is 0 Å². The molecule has 0 fully saturated rings. The minimum atomic E-state index is -0.230. The Morgan fingerprint density at radius 2 is 1.41 bits per heavy atom. The summed E-state index contributed by atoms with van der Waals surface area (Å²) in [7, 11) is 0. The first-order chi connectivity index (χ1) is 15.6. The number of carbonyl (C=O) groups is 2. The highest BCUT2D eigenvalue weighted by molar-refractivity contribution is 5.94. The van der Waals surface area contributed by atoms with E-state index in [1.54, 1.807) is 12.1 Å². The van der Waals surface area contributed by atoms with Gasteiger partial charge in [0.1, 0.15) is 0 Å². The van der Waals surface area contributed by atoms with Crippen molar-refractivity contribution >= 4 is 11.8 Å². The van der Waals surface area contributed by atoms with E-state index in [0.717, 1.165) is 6.42 Å². The second-order valence-corrected chi connectivity index (χ2v) is 9.03. The first-order valence-electron chi connectivity index (χ1n) is 11.4. The molecule has 2 atom stereocenters. The van der Waals surface area contributed by atoms with Crippen LogP contribution in [0.2, 0.25) is 0 Å². The van der Waals surface area contributed by atoms with E-state index in [0.29, 0.717) is 29.9 Å². The first-order valence-corrected chi connectivity index (χ1v) is 11.4. The van der Waals surface area contributed by atoms with Gasteiger partial charge >= 0.3 is 0 Å². The maximum Gasteiger partial charge on any atom is 0.251 e. The van der Waals surface area contributed by atoms with E-state index in [9.17, 15) is 9.59 Å². The second kappa shape index (κ2) is 8.62. The van der Waals surface area contributed by atoms with Gasteiger partial charge in [-0.3, -0.25) is 9.59 Å². The molecule has 3 aromatic carbocycles. The van der Waals surface area contributed by atoms with Crippen LogP contribution in [0.5, 0.6) is 0 Å². The van der Waals surface area contributed by atoms with Crippen molar-refractivity contribution in [3.63, 3.8) is 0 Å². The van der Waals surface area contributed by atoms with Gasteiger partial charge in [0.25, 0.3) is 5.91 Å². The van der Waals surface area contributed by atoms with Crippen molar-refractivity contribution in [1.82, 2.24) is 10.6 Å². The molecule has 0 saturated carbocycles. The standard InChI is InChI=1S/C28H28N2O2/c1-18(30-28(32)19-9-3-2-4-10-19)15-26(31)29-17-20-16-25-21-11-5-7-13-23(21)27(20)24-14-8-6-12-22(24)25/h2-14,18,20,25,27H,15-17H2,1H3,(H,29,31)(H,30,32)/t18-,20+,25?,27?/m1/s1. The van der Waals surface area contributed by atoms with Crippen molar-refractivity contribution in [1.29, 1.82) is 0 Å². The van der Waals surface area contributed by atoms with Gasteiger partial charge in [0.2, 0.25) is 5.91 Å². The van der Waals surface area contributed by atoms with E-state index in [4.69, 9.17) is 0 Å². The zero-order valence-electron chi connectivity index (χ0n) is 18.3. The molecule has 0 unspecified atom stereocenters. The van der Waals surface area contributed by atoms with Gasteiger partial charge in [0.15, 0.2) is 0 Å². The Morgan fingerprint density at radius 1 is 0.844 bits per heavy atom. The number of nitrogens with one attached hydrogen (secondary N) is 2. The molecule has 2 N–H and O–H groups in total. The molecule has 3 aliphatic rings. The van der Waals surface area contributed by atoms with E-state index in [-0.39, 0.29) is 24.3 Å². The van der Waals surface area contributed by atoms with E-state index >= 15 is 0 Å². The Kier molecular flexibility index (Phi) is 5.52. The van der Waals surface area contributed by atoms with E-state index < -0.39 is 0 Å². The van der Waals surface area contributed by atoms with Crippen LogP contribution in [-0.4, -0.2) is 24.4 Å². The van der Waals surface area contributed by atoms with Gasteiger partial charge in [0, 0.05) is 36.4 Å². The fraction of sp³-hybridized carbons (Fsp3) is 0.286. The molecule has 3 aliphatic carbocycles. The quantitative estimate of drug-likeness (QED) is 0.607. The van der Waals surface area contributed by atoms with Crippen LogP contribution in [0.3, 0.4) is 0 Å². The second-order valence-electron chi connectivity index (χ2n) is 9.03. The number of carbonyl (C=O) groups excluding carboxylic acids is 2. The smallest absolute Gasteiger partial charge is 0.251 e. The lowest BCUT2D eigenvalue weighted by Gasteiger charge is -2.45. The summed E-state index contributed by atoms with van der Waals surface area (Å²) in [4.78, 5) is 25.0. The summed E-state index contributed by atoms with van der Waals surface area (Å²) in [5, 5.41) is 6.07. The number of hydrogen-bond donors (Lipinski definition) is 2. The Hall–Kier alpha value is -3.40. The lowest BCUT2D eigenvalue weighted by Crippen LogP contribution is -2.41. The van der Waals surface area contributed by atoms with Crippen LogP contribution >= 0.6 is 0 Å². The molecular weight excluding hydrogens is 396 g/mol. The lowest BCUT2D eigenvalue weighted by molar-refractivity contribution is -0.121. The summed E-state index contributed by atoms with van der Waals surface area (Å²) in [5.41, 5.74) is 6.30. The number of benzene rings is 3. The van der Waals surface area contributed by atoms with Crippen LogP contribution in [0.4, 0.5) is 0 Å². The zero-order chi connectivity index (χ0) is 22.1. The van der Waals surface area contributed by atoms with Crippen LogP contribution < -0.4 is 10.6 Å². The predicted molar refractivity (Wildman–Crippen MR) is 126 cm³/mol. The molecule has 4 nitrogen and oxygen atoms in total. The van der Waals surface area contributed by atoms with Crippen molar-refractivity contribution in [3.8, 4) is 0 Å². The minimum Gasteiger partial charge on any atom is -0.356 e. The first kappa shape index (κ1) is 20.5. The Morgan fingerprint density at radius 3 is 2.03 bits per heavy atom. The zero-order valence-corrected chi connectivity index (χ0v) is 18.3. The maximum absolute atomic E-state index is 12.6. The Bertz CT molecular complexity index is 1090. The SMILES string of the molecule is C[C@H](CC(=O)NC[C@@H]1CC2c3ccccc3C1c1ccccc12)NC(=O)c1ccccc1. The Balaban J connectivity index is 1.22. The van der Waals surface area contributed by atoms with Gasteiger partial charge in [-0.05, 0) is 53.6 Å². The molecular formula is C28H28N2O2. The average Bonchev–Trinajstić information content (AvgIpc) is 2.83. The molecule has 4 heteroatoms. The molecule has 0 aromatic heterocycles. The predicted octanol–water partition coefficient (Wildman–Crippen LogP) is 4.61. The topological polar surface area (TPSA) is 58.2 Å². The van der Waals surface area contributed by atoms with Crippen LogP contribution in [0.1, 0.15) is 64.2 Å². The molecule has 32 heavy (non-hydrogen) atoms. The number of fused-ring (bicyclic) bond motifs is 1. The highest BCUT2D eigenvalue weighted by atomic mass is 16.2. The summed E-state index contributed by atoms with van der Waals surface area (Å²) >= 11 is 0. The highest BCUT2D eigenvalue weighted by Crippen LogP contribution is 2.55. The van der Waals surface area contributed by atoms with Gasteiger partial charge in [-0.2, -0.15) is 0 Å². The molecule has 6 rings (SSSR count). The average molecular weight is 425 g/mol. The van der Waals surface area contributed by atoms with Crippen molar-refractivity contribution in [2.75, 3.05) is 6.54 Å². The summed E-state index contributed by atoms with van der Waals surface area (Å²) in [5.74, 6) is 0.932. The van der Waals surface area contributed by atoms with Crippen molar-refractivity contribution in [3.05, 3.63) is 107 Å². The molecule has 0 spiro atoms. The number of rotatable bonds is 6. The molecule has 2 amide bonds. The fourth-order valence-electron chi connectivity index (χ4n) is 5.50. The molecule has 0 heterocycles. The van der Waals surface area contributed by atoms with Gasteiger partial charge < -0.3 is 10.6 Å². The highest BCUT2D eigenvalue weighted by Gasteiger charge is 2.42. The largest absolute Gasteiger partial charge is 0.356 e. The third-order valence-corrected chi connectivity index (χ3v) is 6.89. The fourth-order valence-corrected chi connectivity index (χ4v) is 5.50. The Labute approximate surface area is 189 Å². The van der Waals surface area contributed by atoms with Gasteiger partial charge in [-0.1, -0.05) is 66.7 Å². The third-order valence-electron chi connectivity index (χ3n) is 6.89. The van der Waals surface area contributed by atoms with Crippen molar-refractivity contribution in [2.24, 2.45) is 5.92 Å². The summed E-state index contributed by atoms with van der Waals surface area (Å²) in [6.45, 7) is 2.53. The number of amides is 2. The van der Waals surface area contributed by atoms with Crippen LogP contribution in [0, 0.1) is 5.92 Å². The monoisotopic (exact) mass is 424 g/mol. The van der Waals surface area contributed by atoms with Gasteiger partial charge in [0.05, 0.1) is 0 Å². The molecule has 162 valence electrons. The molecule has 3 aromatic rings. The number of hydrogen-bond acceptors (Lipinski definition) is 2. The normalized spacial score (nSPS) is 21.2. The minimum absolute atomic E-state index is 0.0196. The molecule has 0 aliphatic heterocycles. The van der Waals surface area contributed by atoms with E-state index in [1.165, 1.54) is 22.3 Å². The molecule has 0 radical (unpaired) electrons. The van der Waals surface area contributed by atoms with Crippen molar-refractivity contribution in [2.45, 2.75) is 37.6 Å². The third kappa shape index (κ3) is 3.81. The van der Waals surface area contributed by atoms with Crippen LogP contribution in [-0.2, 0) is 4.79 Å². The maximum atomic E-state index is 12.6. The lowest BCUT2D eigenvalue weighted by atomic mass is 9.59.